The standard InChI is InChI=1S/C9H8O4/c10-6-9(11-7-12-9)13-8-4-2-1-3-5-8/h1-6H,7H2. The van der Waals surface area contributed by atoms with Gasteiger partial charge in [-0.3, -0.25) is 14.3 Å². The van der Waals surface area contributed by atoms with Crippen LogP contribution < -0.4 is 4.74 Å². The lowest BCUT2D eigenvalue weighted by Crippen LogP contribution is -2.53. The van der Waals surface area contributed by atoms with Gasteiger partial charge in [-0.2, -0.15) is 0 Å². The van der Waals surface area contributed by atoms with Crippen LogP contribution in [0.3, 0.4) is 0 Å². The van der Waals surface area contributed by atoms with Gasteiger partial charge in [-0.25, -0.2) is 0 Å². The van der Waals surface area contributed by atoms with Gasteiger partial charge in [0.2, 0.25) is 6.29 Å². The van der Waals surface area contributed by atoms with Gasteiger partial charge in [0.1, 0.15) is 5.75 Å². The molecule has 4 heteroatoms. The normalized spacial score (nSPS) is 18.8. The Bertz CT molecular complexity index is 292. The fraction of sp³-hybridized carbons (Fsp3) is 0.222. The summed E-state index contributed by atoms with van der Waals surface area (Å²) in [7, 11) is 0. The summed E-state index contributed by atoms with van der Waals surface area (Å²) in [6.45, 7) is 0.0889. The van der Waals surface area contributed by atoms with Crippen LogP contribution in [0.4, 0.5) is 0 Å². The van der Waals surface area contributed by atoms with Gasteiger partial charge in [0.05, 0.1) is 0 Å². The first kappa shape index (κ1) is 8.22. The number of para-hydroxylation sites is 1. The molecule has 0 saturated carbocycles. The Kier molecular flexibility index (Phi) is 2.00. The second-order valence-corrected chi connectivity index (χ2v) is 2.54. The molecule has 0 aliphatic carbocycles. The molecular weight excluding hydrogens is 172 g/mol. The fourth-order valence-electron chi connectivity index (χ4n) is 0.979. The third kappa shape index (κ3) is 1.54. The summed E-state index contributed by atoms with van der Waals surface area (Å²) in [6, 6.07) is 8.88. The van der Waals surface area contributed by atoms with Gasteiger partial charge >= 0.3 is 5.97 Å². The van der Waals surface area contributed by atoms with Gasteiger partial charge in [-0.15, -0.1) is 0 Å². The molecule has 0 bridgehead atoms. The lowest BCUT2D eigenvalue weighted by molar-refractivity contribution is -0.443. The van der Waals surface area contributed by atoms with E-state index in [0.717, 1.165) is 0 Å². The quantitative estimate of drug-likeness (QED) is 0.649. The summed E-state index contributed by atoms with van der Waals surface area (Å²) in [5.41, 5.74) is 0. The highest BCUT2D eigenvalue weighted by Gasteiger charge is 2.43. The average molecular weight is 180 g/mol. The van der Waals surface area contributed by atoms with E-state index in [4.69, 9.17) is 14.2 Å². The van der Waals surface area contributed by atoms with E-state index in [2.05, 4.69) is 0 Å². The number of ether oxygens (including phenoxy) is 3. The van der Waals surface area contributed by atoms with Gasteiger partial charge in [0, 0.05) is 0 Å². The van der Waals surface area contributed by atoms with E-state index >= 15 is 0 Å². The Morgan fingerprint density at radius 3 is 2.46 bits per heavy atom. The summed E-state index contributed by atoms with van der Waals surface area (Å²) in [5, 5.41) is 0. The number of aldehydes is 1. The average Bonchev–Trinajstić information content (AvgIpc) is 2.13. The van der Waals surface area contributed by atoms with E-state index in [1.807, 2.05) is 6.07 Å². The monoisotopic (exact) mass is 180 g/mol. The largest absolute Gasteiger partial charge is 0.433 e. The Morgan fingerprint density at radius 1 is 1.31 bits per heavy atom. The molecular formula is C9H8O4. The van der Waals surface area contributed by atoms with Crippen molar-refractivity contribution in [2.75, 3.05) is 6.79 Å². The zero-order chi connectivity index (χ0) is 9.15. The first-order valence-corrected chi connectivity index (χ1v) is 3.83. The van der Waals surface area contributed by atoms with Gasteiger partial charge in [0.15, 0.2) is 6.79 Å². The van der Waals surface area contributed by atoms with Crippen LogP contribution >= 0.6 is 0 Å². The molecule has 0 spiro atoms. The van der Waals surface area contributed by atoms with E-state index in [-0.39, 0.29) is 6.79 Å². The predicted octanol–water partition coefficient (Wildman–Crippen LogP) is 0.922. The van der Waals surface area contributed by atoms with Crippen LogP contribution in [0.1, 0.15) is 0 Å². The van der Waals surface area contributed by atoms with E-state index in [1.165, 1.54) is 0 Å². The Balaban J connectivity index is 2.09. The topological polar surface area (TPSA) is 44.8 Å². The van der Waals surface area contributed by atoms with Crippen molar-refractivity contribution in [2.24, 2.45) is 0 Å². The molecule has 0 aromatic heterocycles. The molecule has 68 valence electrons. The summed E-state index contributed by atoms with van der Waals surface area (Å²) in [6.07, 6.45) is 0.490. The molecule has 0 unspecified atom stereocenters. The molecule has 1 aliphatic heterocycles. The van der Waals surface area contributed by atoms with E-state index in [0.29, 0.717) is 12.0 Å². The lowest BCUT2D eigenvalue weighted by atomic mass is 10.3. The van der Waals surface area contributed by atoms with Crippen LogP contribution in [0.15, 0.2) is 30.3 Å². The van der Waals surface area contributed by atoms with Crippen LogP contribution in [0.2, 0.25) is 0 Å². The smallest absolute Gasteiger partial charge is 0.392 e. The SMILES string of the molecule is O=CC1(Oc2ccccc2)OCO1. The number of carbonyl (C=O) groups is 1. The number of benzene rings is 1. The number of hydrogen-bond acceptors (Lipinski definition) is 4. The summed E-state index contributed by atoms with van der Waals surface area (Å²) >= 11 is 0. The Labute approximate surface area is 75.0 Å². The van der Waals surface area contributed by atoms with Crippen molar-refractivity contribution in [3.63, 3.8) is 0 Å². The van der Waals surface area contributed by atoms with Crippen molar-refractivity contribution in [2.45, 2.75) is 5.97 Å². The molecule has 0 radical (unpaired) electrons. The van der Waals surface area contributed by atoms with Crippen LogP contribution in [-0.2, 0) is 14.3 Å². The first-order valence-electron chi connectivity index (χ1n) is 3.83. The van der Waals surface area contributed by atoms with Crippen molar-refractivity contribution in [3.8, 4) is 5.75 Å². The van der Waals surface area contributed by atoms with E-state index in [1.54, 1.807) is 24.3 Å². The number of carbonyl (C=O) groups excluding carboxylic acids is 1. The maximum atomic E-state index is 10.5. The van der Waals surface area contributed by atoms with Gasteiger partial charge < -0.3 is 4.74 Å². The van der Waals surface area contributed by atoms with E-state index in [9.17, 15) is 4.79 Å². The van der Waals surface area contributed by atoms with E-state index < -0.39 is 5.97 Å². The molecule has 1 aromatic carbocycles. The maximum Gasteiger partial charge on any atom is 0.392 e. The number of rotatable bonds is 3. The second-order valence-electron chi connectivity index (χ2n) is 2.54. The molecule has 1 aliphatic rings. The highest BCUT2D eigenvalue weighted by molar-refractivity contribution is 5.59. The van der Waals surface area contributed by atoms with Crippen molar-refractivity contribution in [1.29, 1.82) is 0 Å². The third-order valence-electron chi connectivity index (χ3n) is 1.67. The van der Waals surface area contributed by atoms with Crippen LogP contribution in [0.5, 0.6) is 5.75 Å². The minimum absolute atomic E-state index is 0.0889. The molecule has 0 amide bonds. The summed E-state index contributed by atoms with van der Waals surface area (Å²) in [4.78, 5) is 10.5. The minimum atomic E-state index is -1.51. The van der Waals surface area contributed by atoms with Crippen molar-refractivity contribution >= 4 is 6.29 Å². The van der Waals surface area contributed by atoms with Gasteiger partial charge in [-0.05, 0) is 12.1 Å². The Morgan fingerprint density at radius 2 is 2.00 bits per heavy atom. The molecule has 13 heavy (non-hydrogen) atoms. The summed E-state index contributed by atoms with van der Waals surface area (Å²) in [5.74, 6) is -0.976. The van der Waals surface area contributed by atoms with Crippen molar-refractivity contribution < 1.29 is 19.0 Å². The Hall–Kier alpha value is -1.39. The van der Waals surface area contributed by atoms with Crippen LogP contribution in [0, 0.1) is 0 Å². The molecule has 2 rings (SSSR count). The van der Waals surface area contributed by atoms with Crippen molar-refractivity contribution in [1.82, 2.24) is 0 Å². The predicted molar refractivity (Wildman–Crippen MR) is 42.9 cm³/mol. The van der Waals surface area contributed by atoms with Gasteiger partial charge in [0.25, 0.3) is 0 Å². The summed E-state index contributed by atoms with van der Waals surface area (Å²) < 4.78 is 14.9. The first-order chi connectivity index (χ1) is 6.35. The maximum absolute atomic E-state index is 10.5. The van der Waals surface area contributed by atoms with Gasteiger partial charge in [-0.1, -0.05) is 18.2 Å². The number of hydrogen-bond donors (Lipinski definition) is 0. The lowest BCUT2D eigenvalue weighted by Gasteiger charge is -2.35. The molecule has 0 N–H and O–H groups in total. The molecule has 0 atom stereocenters. The zero-order valence-electron chi connectivity index (χ0n) is 6.80. The van der Waals surface area contributed by atoms with Crippen LogP contribution in [0.25, 0.3) is 0 Å². The van der Waals surface area contributed by atoms with Crippen LogP contribution in [-0.4, -0.2) is 19.1 Å². The molecule has 1 saturated heterocycles. The molecule has 1 aromatic rings. The molecule has 4 nitrogen and oxygen atoms in total. The van der Waals surface area contributed by atoms with Crippen molar-refractivity contribution in [3.05, 3.63) is 30.3 Å². The fourth-order valence-corrected chi connectivity index (χ4v) is 0.979. The highest BCUT2D eigenvalue weighted by Crippen LogP contribution is 2.24. The molecule has 1 heterocycles. The molecule has 1 fully saturated rings. The minimum Gasteiger partial charge on any atom is -0.433 e. The third-order valence-corrected chi connectivity index (χ3v) is 1.67. The highest BCUT2D eigenvalue weighted by atomic mass is 17.0. The zero-order valence-corrected chi connectivity index (χ0v) is 6.80. The second kappa shape index (κ2) is 3.16.